The smallest absolute Gasteiger partial charge is 0.185 e. The molecule has 0 saturated heterocycles. The molecule has 0 N–H and O–H groups in total. The van der Waals surface area contributed by atoms with Crippen LogP contribution in [0.3, 0.4) is 0 Å². The lowest BCUT2D eigenvalue weighted by atomic mass is 10.1. The van der Waals surface area contributed by atoms with Crippen molar-refractivity contribution in [3.8, 4) is 5.75 Å². The van der Waals surface area contributed by atoms with E-state index >= 15 is 0 Å². The van der Waals surface area contributed by atoms with Gasteiger partial charge in [-0.05, 0) is 35.9 Å². The normalized spacial score (nSPS) is 13.5. The van der Waals surface area contributed by atoms with Crippen LogP contribution in [0.4, 0.5) is 0 Å². The molecule has 0 spiro atoms. The Kier molecular flexibility index (Phi) is 4.02. The summed E-state index contributed by atoms with van der Waals surface area (Å²) in [5, 5.41) is 0. The minimum absolute atomic E-state index is 0.0175. The zero-order valence-electron chi connectivity index (χ0n) is 11.3. The fourth-order valence-electron chi connectivity index (χ4n) is 2.15. The van der Waals surface area contributed by atoms with Crippen molar-refractivity contribution in [3.63, 3.8) is 0 Å². The number of fused-ring (bicyclic) bond motifs is 1. The van der Waals surface area contributed by atoms with Crippen molar-refractivity contribution in [3.05, 3.63) is 81.9 Å². The molecule has 104 valence electrons. The van der Waals surface area contributed by atoms with Gasteiger partial charge in [-0.25, -0.2) is 0 Å². The highest BCUT2D eigenvalue weighted by Crippen LogP contribution is 2.26. The van der Waals surface area contributed by atoms with E-state index in [0.717, 1.165) is 21.4 Å². The summed E-state index contributed by atoms with van der Waals surface area (Å²) in [5.41, 5.74) is 2.69. The maximum Gasteiger partial charge on any atom is 0.185 e. The number of halogens is 1. The van der Waals surface area contributed by atoms with Crippen LogP contribution in [0, 0.1) is 0 Å². The number of hydrogen-bond donors (Lipinski definition) is 0. The highest BCUT2D eigenvalue weighted by atomic mass is 79.9. The van der Waals surface area contributed by atoms with Crippen LogP contribution in [-0.2, 0) is 0 Å². The second-order valence-corrected chi connectivity index (χ2v) is 5.67. The molecule has 3 rings (SSSR count). The van der Waals surface area contributed by atoms with Crippen LogP contribution < -0.4 is 4.74 Å². The van der Waals surface area contributed by atoms with Gasteiger partial charge in [0.2, 0.25) is 0 Å². The van der Waals surface area contributed by atoms with Gasteiger partial charge < -0.3 is 4.74 Å². The number of allylic oxidation sites excluding steroid dienone is 1. The number of hydrogen-bond acceptors (Lipinski definition) is 2. The Morgan fingerprint density at radius 2 is 2.00 bits per heavy atom. The minimum Gasteiger partial charge on any atom is -0.488 e. The fourth-order valence-corrected chi connectivity index (χ4v) is 2.55. The van der Waals surface area contributed by atoms with Crippen LogP contribution in [0.5, 0.6) is 5.75 Å². The van der Waals surface area contributed by atoms with Gasteiger partial charge in [0, 0.05) is 15.6 Å². The van der Waals surface area contributed by atoms with Gasteiger partial charge in [-0.1, -0.05) is 52.3 Å². The van der Waals surface area contributed by atoms with Crippen LogP contribution in [0.15, 0.2) is 70.7 Å². The van der Waals surface area contributed by atoms with E-state index in [1.54, 1.807) is 12.1 Å². The van der Waals surface area contributed by atoms with Crippen LogP contribution in [-0.4, -0.2) is 12.4 Å². The molecule has 3 heteroatoms. The number of carbonyl (C=O) groups excluding carboxylic acids is 1. The molecule has 1 aliphatic rings. The molecule has 2 nitrogen and oxygen atoms in total. The Morgan fingerprint density at radius 3 is 2.86 bits per heavy atom. The van der Waals surface area contributed by atoms with E-state index in [1.165, 1.54) is 0 Å². The molecule has 0 amide bonds. The van der Waals surface area contributed by atoms with Gasteiger partial charge in [0.15, 0.2) is 5.78 Å². The highest BCUT2D eigenvalue weighted by Gasteiger charge is 2.09. The van der Waals surface area contributed by atoms with E-state index in [9.17, 15) is 4.79 Å². The summed E-state index contributed by atoms with van der Waals surface area (Å²) < 4.78 is 6.55. The summed E-state index contributed by atoms with van der Waals surface area (Å²) in [6.07, 6.45) is 5.45. The zero-order chi connectivity index (χ0) is 14.7. The van der Waals surface area contributed by atoms with Crippen LogP contribution in [0.2, 0.25) is 0 Å². The van der Waals surface area contributed by atoms with Crippen molar-refractivity contribution in [2.24, 2.45) is 0 Å². The van der Waals surface area contributed by atoms with E-state index in [1.807, 2.05) is 54.6 Å². The summed E-state index contributed by atoms with van der Waals surface area (Å²) in [6.45, 7) is 0.485. The lowest BCUT2D eigenvalue weighted by Crippen LogP contribution is -2.06. The molecule has 0 unspecified atom stereocenters. The lowest BCUT2D eigenvalue weighted by molar-refractivity contribution is 0.104. The van der Waals surface area contributed by atoms with Crippen molar-refractivity contribution < 1.29 is 9.53 Å². The lowest BCUT2D eigenvalue weighted by Gasteiger charge is -2.15. The quantitative estimate of drug-likeness (QED) is 0.599. The fraction of sp³-hybridized carbons (Fsp3) is 0.0556. The summed E-state index contributed by atoms with van der Waals surface area (Å²) >= 11 is 3.37. The van der Waals surface area contributed by atoms with E-state index in [-0.39, 0.29) is 5.78 Å². The number of carbonyl (C=O) groups is 1. The summed E-state index contributed by atoms with van der Waals surface area (Å²) in [7, 11) is 0. The van der Waals surface area contributed by atoms with Crippen molar-refractivity contribution in [1.29, 1.82) is 0 Å². The largest absolute Gasteiger partial charge is 0.488 e. The number of ether oxygens (including phenoxy) is 1. The molecule has 1 heterocycles. The third kappa shape index (κ3) is 3.31. The maximum absolute atomic E-state index is 12.1. The Hall–Kier alpha value is -2.13. The molecule has 1 aliphatic heterocycles. The summed E-state index contributed by atoms with van der Waals surface area (Å²) in [4.78, 5) is 12.1. The molecular formula is C18H13BrO2. The molecule has 0 bridgehead atoms. The monoisotopic (exact) mass is 340 g/mol. The highest BCUT2D eigenvalue weighted by molar-refractivity contribution is 9.10. The van der Waals surface area contributed by atoms with Gasteiger partial charge in [0.1, 0.15) is 12.4 Å². The van der Waals surface area contributed by atoms with Gasteiger partial charge in [-0.3, -0.25) is 4.79 Å². The van der Waals surface area contributed by atoms with E-state index in [0.29, 0.717) is 12.2 Å². The van der Waals surface area contributed by atoms with Crippen molar-refractivity contribution >= 4 is 27.8 Å². The third-order valence-corrected chi connectivity index (χ3v) is 3.71. The topological polar surface area (TPSA) is 26.3 Å². The van der Waals surface area contributed by atoms with E-state index in [2.05, 4.69) is 15.9 Å². The number of ketones is 1. The summed E-state index contributed by atoms with van der Waals surface area (Å²) in [5.74, 6) is 0.865. The Morgan fingerprint density at radius 1 is 1.14 bits per heavy atom. The Labute approximate surface area is 131 Å². The zero-order valence-corrected chi connectivity index (χ0v) is 12.8. The first-order valence-electron chi connectivity index (χ1n) is 6.63. The van der Waals surface area contributed by atoms with Gasteiger partial charge in [0.05, 0.1) is 0 Å². The molecule has 0 aromatic heterocycles. The molecule has 0 fully saturated rings. The number of benzene rings is 2. The van der Waals surface area contributed by atoms with Crippen molar-refractivity contribution in [2.75, 3.05) is 6.61 Å². The molecule has 0 atom stereocenters. The molecule has 2 aromatic carbocycles. The SMILES string of the molecule is O=C(/C=C/C1=Cc2ccccc2OC1)c1cccc(Br)c1. The number of rotatable bonds is 3. The van der Waals surface area contributed by atoms with Crippen molar-refractivity contribution in [2.45, 2.75) is 0 Å². The predicted molar refractivity (Wildman–Crippen MR) is 87.5 cm³/mol. The second-order valence-electron chi connectivity index (χ2n) is 4.75. The molecule has 0 radical (unpaired) electrons. The van der Waals surface area contributed by atoms with Crippen LogP contribution >= 0.6 is 15.9 Å². The average molecular weight is 341 g/mol. The van der Waals surface area contributed by atoms with Crippen molar-refractivity contribution in [1.82, 2.24) is 0 Å². The second kappa shape index (κ2) is 6.10. The molecule has 0 aliphatic carbocycles. The predicted octanol–water partition coefficient (Wildman–Crippen LogP) is 4.66. The first kappa shape index (κ1) is 13.8. The first-order chi connectivity index (χ1) is 10.2. The Balaban J connectivity index is 1.78. The van der Waals surface area contributed by atoms with Crippen LogP contribution in [0.25, 0.3) is 6.08 Å². The molecule has 0 saturated carbocycles. The Bertz CT molecular complexity index is 744. The minimum atomic E-state index is -0.0175. The van der Waals surface area contributed by atoms with Gasteiger partial charge in [-0.2, -0.15) is 0 Å². The van der Waals surface area contributed by atoms with Gasteiger partial charge in [-0.15, -0.1) is 0 Å². The van der Waals surface area contributed by atoms with Gasteiger partial charge in [0.25, 0.3) is 0 Å². The third-order valence-electron chi connectivity index (χ3n) is 3.21. The summed E-state index contributed by atoms with van der Waals surface area (Å²) in [6, 6.07) is 15.2. The molecule has 21 heavy (non-hydrogen) atoms. The van der Waals surface area contributed by atoms with Crippen LogP contribution in [0.1, 0.15) is 15.9 Å². The van der Waals surface area contributed by atoms with E-state index in [4.69, 9.17) is 4.74 Å². The molecular weight excluding hydrogens is 328 g/mol. The molecule has 2 aromatic rings. The van der Waals surface area contributed by atoms with Gasteiger partial charge >= 0.3 is 0 Å². The number of para-hydroxylation sites is 1. The standard InChI is InChI=1S/C18H13BrO2/c19-16-6-3-5-14(11-16)17(20)9-8-13-10-15-4-1-2-7-18(15)21-12-13/h1-11H,12H2/b9-8+. The van der Waals surface area contributed by atoms with E-state index < -0.39 is 0 Å². The maximum atomic E-state index is 12.1. The first-order valence-corrected chi connectivity index (χ1v) is 7.42. The average Bonchev–Trinajstić information content (AvgIpc) is 2.52.